The number of aliphatic hydroxyl groups excluding tert-OH is 1. The number of oxazole rings is 1. The molecule has 1 aliphatic carbocycles. The van der Waals surface area contributed by atoms with Gasteiger partial charge in [-0.1, -0.05) is 20.8 Å². The maximum absolute atomic E-state index is 12.5. The summed E-state index contributed by atoms with van der Waals surface area (Å²) in [7, 11) is 0. The Morgan fingerprint density at radius 3 is 2.38 bits per heavy atom. The largest absolute Gasteiger partial charge is 0.506 e. The van der Waals surface area contributed by atoms with E-state index in [1.54, 1.807) is 19.1 Å². The monoisotopic (exact) mass is 357 g/mol. The van der Waals surface area contributed by atoms with Crippen molar-refractivity contribution >= 4 is 28.4 Å². The highest BCUT2D eigenvalue weighted by Gasteiger charge is 2.38. The summed E-state index contributed by atoms with van der Waals surface area (Å²) in [5, 5.41) is 10.7. The van der Waals surface area contributed by atoms with E-state index in [4.69, 9.17) is 4.42 Å². The molecule has 1 aliphatic rings. The number of nitrogens with zero attached hydrogens (tertiary/aromatic N) is 1. The van der Waals surface area contributed by atoms with Gasteiger partial charge in [0, 0.05) is 24.9 Å². The molecular weight excluding hydrogens is 334 g/mol. The average molecular weight is 357 g/mol. The van der Waals surface area contributed by atoms with Crippen LogP contribution in [-0.4, -0.2) is 21.2 Å². The SMILES string of the molecule is CCCn1c(=O)oc2ccc(C(O)=C3C(=O)CC(C)(C)CC3=O)c(C)c21. The first-order chi connectivity index (χ1) is 12.2. The van der Waals surface area contributed by atoms with E-state index in [-0.39, 0.29) is 35.7 Å². The molecule has 1 fully saturated rings. The van der Waals surface area contributed by atoms with Gasteiger partial charge in [0.15, 0.2) is 17.1 Å². The lowest BCUT2D eigenvalue weighted by Crippen LogP contribution is -2.32. The molecule has 1 heterocycles. The Balaban J connectivity index is 2.20. The third-order valence-electron chi connectivity index (χ3n) is 4.86. The number of rotatable bonds is 3. The number of ketones is 2. The van der Waals surface area contributed by atoms with Gasteiger partial charge >= 0.3 is 5.76 Å². The molecule has 0 saturated heterocycles. The lowest BCUT2D eigenvalue weighted by Gasteiger charge is -2.29. The fraction of sp³-hybridized carbons (Fsp3) is 0.450. The molecule has 3 rings (SSSR count). The highest BCUT2D eigenvalue weighted by atomic mass is 16.4. The van der Waals surface area contributed by atoms with Crippen molar-refractivity contribution in [2.24, 2.45) is 5.41 Å². The van der Waals surface area contributed by atoms with Crippen molar-refractivity contribution < 1.29 is 19.1 Å². The number of carbonyl (C=O) groups excluding carboxylic acids is 2. The Morgan fingerprint density at radius 2 is 1.81 bits per heavy atom. The Bertz CT molecular complexity index is 981. The van der Waals surface area contributed by atoms with Crippen LogP contribution in [0, 0.1) is 12.3 Å². The van der Waals surface area contributed by atoms with Crippen LogP contribution >= 0.6 is 0 Å². The fourth-order valence-corrected chi connectivity index (χ4v) is 3.68. The van der Waals surface area contributed by atoms with Crippen molar-refractivity contribution in [2.75, 3.05) is 0 Å². The van der Waals surface area contributed by atoms with E-state index in [0.717, 1.165) is 6.42 Å². The summed E-state index contributed by atoms with van der Waals surface area (Å²) in [5.41, 5.74) is 1.45. The third-order valence-corrected chi connectivity index (χ3v) is 4.86. The summed E-state index contributed by atoms with van der Waals surface area (Å²) < 4.78 is 6.77. The summed E-state index contributed by atoms with van der Waals surface area (Å²) in [6.45, 7) is 7.91. The van der Waals surface area contributed by atoms with Crippen LogP contribution in [0.15, 0.2) is 26.9 Å². The predicted molar refractivity (Wildman–Crippen MR) is 98.1 cm³/mol. The molecule has 1 aromatic heterocycles. The molecule has 1 N–H and O–H groups in total. The summed E-state index contributed by atoms with van der Waals surface area (Å²) >= 11 is 0. The third kappa shape index (κ3) is 2.89. The number of hydrogen-bond donors (Lipinski definition) is 1. The van der Waals surface area contributed by atoms with Crippen LogP contribution in [0.4, 0.5) is 0 Å². The second kappa shape index (κ2) is 6.27. The van der Waals surface area contributed by atoms with E-state index in [1.165, 1.54) is 4.57 Å². The van der Waals surface area contributed by atoms with E-state index >= 15 is 0 Å². The number of aliphatic hydroxyl groups is 1. The number of carbonyl (C=O) groups is 2. The van der Waals surface area contributed by atoms with Gasteiger partial charge in [0.1, 0.15) is 11.3 Å². The number of benzene rings is 1. The molecule has 6 nitrogen and oxygen atoms in total. The first-order valence-corrected chi connectivity index (χ1v) is 8.79. The van der Waals surface area contributed by atoms with Crippen LogP contribution in [0.5, 0.6) is 0 Å². The highest BCUT2D eigenvalue weighted by molar-refractivity contribution is 6.26. The van der Waals surface area contributed by atoms with E-state index in [9.17, 15) is 19.5 Å². The molecule has 2 aromatic rings. The van der Waals surface area contributed by atoms with E-state index in [2.05, 4.69) is 0 Å². The van der Waals surface area contributed by atoms with E-state index < -0.39 is 11.2 Å². The van der Waals surface area contributed by atoms with Crippen LogP contribution < -0.4 is 5.76 Å². The summed E-state index contributed by atoms with van der Waals surface area (Å²) in [6, 6.07) is 3.17. The minimum absolute atomic E-state index is 0.139. The van der Waals surface area contributed by atoms with Crippen LogP contribution in [0.2, 0.25) is 0 Å². The molecule has 0 spiro atoms. The van der Waals surface area contributed by atoms with Crippen molar-refractivity contribution in [1.82, 2.24) is 4.57 Å². The Labute approximate surface area is 151 Å². The first-order valence-electron chi connectivity index (χ1n) is 8.79. The standard InChI is InChI=1S/C20H23NO5/c1-5-8-21-17-11(2)12(6-7-15(17)26-19(21)25)18(24)16-13(22)9-20(3,4)10-14(16)23/h6-7,24H,5,8-10H2,1-4H3. The normalized spacial score (nSPS) is 17.2. The first kappa shape index (κ1) is 18.2. The zero-order chi connectivity index (χ0) is 19.2. The molecule has 6 heteroatoms. The maximum Gasteiger partial charge on any atom is 0.419 e. The smallest absolute Gasteiger partial charge is 0.419 e. The second-order valence-corrected chi connectivity index (χ2v) is 7.69. The topological polar surface area (TPSA) is 89.5 Å². The van der Waals surface area contributed by atoms with Gasteiger partial charge < -0.3 is 9.52 Å². The lowest BCUT2D eigenvalue weighted by molar-refractivity contribution is -0.127. The summed E-state index contributed by atoms with van der Waals surface area (Å²) in [6.07, 6.45) is 1.18. The van der Waals surface area contributed by atoms with Crippen molar-refractivity contribution in [3.05, 3.63) is 39.4 Å². The van der Waals surface area contributed by atoms with Gasteiger partial charge in [-0.15, -0.1) is 0 Å². The van der Waals surface area contributed by atoms with Crippen LogP contribution in [0.3, 0.4) is 0 Å². The molecule has 0 radical (unpaired) electrons. The number of aromatic nitrogens is 1. The number of allylic oxidation sites excluding steroid dienone is 1. The molecule has 1 saturated carbocycles. The van der Waals surface area contributed by atoms with Gasteiger partial charge in [-0.3, -0.25) is 14.2 Å². The summed E-state index contributed by atoms with van der Waals surface area (Å²) in [4.78, 5) is 37.0. The Morgan fingerprint density at radius 1 is 1.19 bits per heavy atom. The van der Waals surface area contributed by atoms with Gasteiger partial charge in [0.05, 0.1) is 5.52 Å². The molecule has 0 aliphatic heterocycles. The average Bonchev–Trinajstić information content (AvgIpc) is 2.82. The maximum atomic E-state index is 12.5. The fourth-order valence-electron chi connectivity index (χ4n) is 3.68. The van der Waals surface area contributed by atoms with Crippen molar-refractivity contribution in [3.63, 3.8) is 0 Å². The predicted octanol–water partition coefficient (Wildman–Crippen LogP) is 3.54. The van der Waals surface area contributed by atoms with Crippen molar-refractivity contribution in [2.45, 2.75) is 53.5 Å². The number of hydrogen-bond acceptors (Lipinski definition) is 5. The summed E-state index contributed by atoms with van der Waals surface area (Å²) in [5.74, 6) is -1.46. The second-order valence-electron chi connectivity index (χ2n) is 7.69. The van der Waals surface area contributed by atoms with Gasteiger partial charge in [-0.05, 0) is 36.5 Å². The number of aryl methyl sites for hydroxylation is 2. The molecule has 0 atom stereocenters. The van der Waals surface area contributed by atoms with E-state index in [1.807, 2.05) is 20.8 Å². The molecule has 138 valence electrons. The zero-order valence-electron chi connectivity index (χ0n) is 15.5. The van der Waals surface area contributed by atoms with Gasteiger partial charge in [-0.25, -0.2) is 4.79 Å². The Hall–Kier alpha value is -2.63. The van der Waals surface area contributed by atoms with Gasteiger partial charge in [0.25, 0.3) is 0 Å². The highest BCUT2D eigenvalue weighted by Crippen LogP contribution is 2.37. The molecule has 26 heavy (non-hydrogen) atoms. The minimum atomic E-state index is -0.458. The minimum Gasteiger partial charge on any atom is -0.506 e. The molecule has 0 unspecified atom stereocenters. The van der Waals surface area contributed by atoms with Gasteiger partial charge in [-0.2, -0.15) is 0 Å². The molecule has 1 aromatic carbocycles. The van der Waals surface area contributed by atoms with Gasteiger partial charge in [0.2, 0.25) is 0 Å². The van der Waals surface area contributed by atoms with E-state index in [0.29, 0.717) is 28.8 Å². The van der Waals surface area contributed by atoms with Crippen LogP contribution in [0.25, 0.3) is 16.9 Å². The lowest BCUT2D eigenvalue weighted by atomic mass is 9.73. The Kier molecular flexibility index (Phi) is 4.38. The molecule has 0 amide bonds. The quantitative estimate of drug-likeness (QED) is 0.515. The van der Waals surface area contributed by atoms with Crippen LogP contribution in [-0.2, 0) is 16.1 Å². The van der Waals surface area contributed by atoms with Crippen molar-refractivity contribution in [3.8, 4) is 0 Å². The van der Waals surface area contributed by atoms with Crippen molar-refractivity contribution in [1.29, 1.82) is 0 Å². The number of Topliss-reactive ketones (excluding diaryl/α,β-unsaturated/α-hetero) is 2. The van der Waals surface area contributed by atoms with Crippen LogP contribution in [0.1, 0.15) is 51.2 Å². The number of fused-ring (bicyclic) bond motifs is 1. The molecular formula is C20H23NO5. The molecule has 0 bridgehead atoms. The zero-order valence-corrected chi connectivity index (χ0v) is 15.5.